The average molecular weight is 392 g/mol. The van der Waals surface area contributed by atoms with E-state index in [0.717, 1.165) is 0 Å². The molecule has 0 fully saturated rings. The van der Waals surface area contributed by atoms with Gasteiger partial charge in [-0.2, -0.15) is 0 Å². The minimum Gasteiger partial charge on any atom is -0.470 e. The van der Waals surface area contributed by atoms with Crippen molar-refractivity contribution in [2.24, 2.45) is 0 Å². The summed E-state index contributed by atoms with van der Waals surface area (Å²) < 4.78 is 75.3. The van der Waals surface area contributed by atoms with Crippen molar-refractivity contribution >= 4 is 17.3 Å². The van der Waals surface area contributed by atoms with Crippen molar-refractivity contribution < 1.29 is 26.7 Å². The van der Waals surface area contributed by atoms with E-state index in [1.807, 2.05) is 0 Å². The Kier molecular flexibility index (Phi) is 4.19. The number of hydrogen-bond donors (Lipinski definition) is 0. The third-order valence-corrected chi connectivity index (χ3v) is 4.73. The fourth-order valence-corrected chi connectivity index (χ4v) is 3.44. The molecule has 0 radical (unpaired) electrons. The van der Waals surface area contributed by atoms with Gasteiger partial charge in [-0.15, -0.1) is 0 Å². The summed E-state index contributed by atoms with van der Waals surface area (Å²) in [6.45, 7) is 0. The zero-order valence-electron chi connectivity index (χ0n) is 13.4. The van der Waals surface area contributed by atoms with Gasteiger partial charge in [-0.1, -0.05) is 42.5 Å². The normalized spacial score (nSPS) is 15.6. The smallest absolute Gasteiger partial charge is 0.200 e. The number of thiocarbonyl (C=S) groups is 1. The van der Waals surface area contributed by atoms with Gasteiger partial charge in [-0.25, -0.2) is 22.0 Å². The number of halogens is 5. The lowest BCUT2D eigenvalue weighted by molar-refractivity contribution is 0.223. The molecular formula is C20H9F5OS. The molecule has 1 aliphatic rings. The third kappa shape index (κ3) is 2.61. The Balaban J connectivity index is 2.04. The zero-order valence-corrected chi connectivity index (χ0v) is 14.2. The summed E-state index contributed by atoms with van der Waals surface area (Å²) in [6, 6.07) is 13.3. The van der Waals surface area contributed by atoms with Crippen molar-refractivity contribution in [3.8, 4) is 11.1 Å². The molecule has 1 unspecified atom stereocenters. The number of benzene rings is 3. The van der Waals surface area contributed by atoms with Gasteiger partial charge in [0.1, 0.15) is 0 Å². The van der Waals surface area contributed by atoms with Crippen LogP contribution in [-0.4, -0.2) is 5.05 Å². The second-order valence-corrected chi connectivity index (χ2v) is 6.27. The molecule has 1 atom stereocenters. The van der Waals surface area contributed by atoms with Gasteiger partial charge in [-0.05, 0) is 29.4 Å². The number of ether oxygens (including phenoxy) is 1. The first-order valence-corrected chi connectivity index (χ1v) is 8.23. The van der Waals surface area contributed by atoms with Crippen molar-refractivity contribution in [2.75, 3.05) is 0 Å². The molecule has 4 rings (SSSR count). The maximum absolute atomic E-state index is 14.4. The Labute approximate surface area is 156 Å². The van der Waals surface area contributed by atoms with Gasteiger partial charge >= 0.3 is 0 Å². The van der Waals surface area contributed by atoms with E-state index < -0.39 is 40.8 Å². The fourth-order valence-electron chi connectivity index (χ4n) is 3.17. The van der Waals surface area contributed by atoms with Gasteiger partial charge in [-0.3, -0.25) is 0 Å². The van der Waals surface area contributed by atoms with Gasteiger partial charge in [0.05, 0.1) is 5.56 Å². The van der Waals surface area contributed by atoms with Crippen molar-refractivity contribution in [1.29, 1.82) is 0 Å². The monoisotopic (exact) mass is 392 g/mol. The molecular weight excluding hydrogens is 383 g/mol. The predicted octanol–water partition coefficient (Wildman–Crippen LogP) is 5.84. The summed E-state index contributed by atoms with van der Waals surface area (Å²) in [5.74, 6) is -10.2. The van der Waals surface area contributed by atoms with Crippen LogP contribution in [0.5, 0.6) is 0 Å². The van der Waals surface area contributed by atoms with Crippen LogP contribution >= 0.6 is 12.2 Å². The molecule has 0 aromatic heterocycles. The minimum atomic E-state index is -2.22. The molecule has 7 heteroatoms. The quantitative estimate of drug-likeness (QED) is 0.223. The summed E-state index contributed by atoms with van der Waals surface area (Å²) in [5, 5.41) is -0.101. The summed E-state index contributed by atoms with van der Waals surface area (Å²) >= 11 is 5.22. The van der Waals surface area contributed by atoms with E-state index in [4.69, 9.17) is 17.0 Å². The highest BCUT2D eigenvalue weighted by Gasteiger charge is 2.36. The van der Waals surface area contributed by atoms with E-state index in [1.54, 1.807) is 42.5 Å². The molecule has 0 aliphatic carbocycles. The summed E-state index contributed by atoms with van der Waals surface area (Å²) in [4.78, 5) is 0. The third-order valence-electron chi connectivity index (χ3n) is 4.41. The topological polar surface area (TPSA) is 9.23 Å². The fraction of sp³-hybridized carbons (Fsp3) is 0.0500. The lowest BCUT2D eigenvalue weighted by Gasteiger charge is -2.21. The molecule has 1 nitrogen and oxygen atoms in total. The highest BCUT2D eigenvalue weighted by Crippen LogP contribution is 2.42. The summed E-state index contributed by atoms with van der Waals surface area (Å²) in [6.07, 6.45) is -1.59. The van der Waals surface area contributed by atoms with Crippen LogP contribution in [0.25, 0.3) is 11.1 Å². The first kappa shape index (κ1) is 17.6. The molecule has 27 heavy (non-hydrogen) atoms. The van der Waals surface area contributed by atoms with Crippen molar-refractivity contribution in [3.05, 3.63) is 94.3 Å². The van der Waals surface area contributed by atoms with E-state index in [9.17, 15) is 22.0 Å². The van der Waals surface area contributed by atoms with E-state index in [2.05, 4.69) is 0 Å². The molecule has 0 N–H and O–H groups in total. The number of hydrogen-bond acceptors (Lipinski definition) is 2. The first-order chi connectivity index (χ1) is 12.9. The van der Waals surface area contributed by atoms with Crippen LogP contribution in [0, 0.1) is 29.1 Å². The Bertz CT molecular complexity index is 1070. The van der Waals surface area contributed by atoms with Gasteiger partial charge in [0.25, 0.3) is 0 Å². The molecule has 3 aromatic carbocycles. The first-order valence-electron chi connectivity index (χ1n) is 7.82. The maximum atomic E-state index is 14.4. The molecule has 3 aromatic rings. The van der Waals surface area contributed by atoms with E-state index in [0.29, 0.717) is 16.7 Å². The second-order valence-electron chi connectivity index (χ2n) is 5.90. The van der Waals surface area contributed by atoms with Gasteiger partial charge in [0.2, 0.25) is 5.82 Å². The highest BCUT2D eigenvalue weighted by atomic mass is 32.1. The average Bonchev–Trinajstić information content (AvgIpc) is 2.81. The molecule has 136 valence electrons. The lowest BCUT2D eigenvalue weighted by Crippen LogP contribution is -2.17. The summed E-state index contributed by atoms with van der Waals surface area (Å²) in [7, 11) is 0. The number of fused-ring (bicyclic) bond motifs is 3. The zero-order chi connectivity index (χ0) is 19.3. The maximum Gasteiger partial charge on any atom is 0.200 e. The van der Waals surface area contributed by atoms with Crippen molar-refractivity contribution in [3.63, 3.8) is 0 Å². The van der Waals surface area contributed by atoms with Gasteiger partial charge < -0.3 is 4.74 Å². The van der Waals surface area contributed by atoms with Crippen LogP contribution in [0.3, 0.4) is 0 Å². The van der Waals surface area contributed by atoms with Gasteiger partial charge in [0, 0.05) is 11.1 Å². The van der Waals surface area contributed by atoms with E-state index in [1.165, 1.54) is 6.07 Å². The van der Waals surface area contributed by atoms with Crippen LogP contribution in [-0.2, 0) is 4.74 Å². The van der Waals surface area contributed by atoms with E-state index in [-0.39, 0.29) is 10.6 Å². The Morgan fingerprint density at radius 2 is 1.11 bits per heavy atom. The number of rotatable bonds is 1. The Morgan fingerprint density at radius 1 is 0.630 bits per heavy atom. The van der Waals surface area contributed by atoms with Crippen molar-refractivity contribution in [1.82, 2.24) is 0 Å². The summed E-state index contributed by atoms with van der Waals surface area (Å²) in [5.41, 5.74) is 0.833. The van der Waals surface area contributed by atoms with Crippen LogP contribution in [0.1, 0.15) is 22.8 Å². The molecule has 0 saturated heterocycles. The van der Waals surface area contributed by atoms with Crippen LogP contribution in [0.4, 0.5) is 22.0 Å². The SMILES string of the molecule is Fc1c(F)c(F)c(C2OC(=S)c3ccccc3-c3ccccc32)c(F)c1F. The largest absolute Gasteiger partial charge is 0.470 e. The lowest BCUT2D eigenvalue weighted by atomic mass is 9.91. The van der Waals surface area contributed by atoms with Crippen molar-refractivity contribution in [2.45, 2.75) is 6.10 Å². The van der Waals surface area contributed by atoms with Gasteiger partial charge in [0.15, 0.2) is 34.4 Å². The molecule has 0 spiro atoms. The minimum absolute atomic E-state index is 0.101. The molecule has 1 heterocycles. The van der Waals surface area contributed by atoms with Crippen LogP contribution < -0.4 is 0 Å². The Morgan fingerprint density at radius 3 is 1.74 bits per heavy atom. The highest BCUT2D eigenvalue weighted by molar-refractivity contribution is 7.80. The van der Waals surface area contributed by atoms with Crippen LogP contribution in [0.15, 0.2) is 48.5 Å². The van der Waals surface area contributed by atoms with Crippen LogP contribution in [0.2, 0.25) is 0 Å². The Hall–Kier alpha value is -2.80. The molecule has 0 saturated carbocycles. The molecule has 1 aliphatic heterocycles. The predicted molar refractivity (Wildman–Crippen MR) is 92.7 cm³/mol. The molecule has 0 amide bonds. The van der Waals surface area contributed by atoms with E-state index >= 15 is 0 Å². The standard InChI is InChI=1S/C20H9F5OS/c21-14-13(15(22)17(24)18(25)16(14)23)19-11-7-3-1-5-9(11)10-6-2-4-8-12(10)20(27)26-19/h1-8,19H. The molecule has 0 bridgehead atoms. The second kappa shape index (κ2) is 6.42.